The van der Waals surface area contributed by atoms with Crippen molar-refractivity contribution in [2.45, 2.75) is 27.2 Å². The largest absolute Gasteiger partial charge is 0.386 e. The lowest BCUT2D eigenvalue weighted by atomic mass is 10.2. The van der Waals surface area contributed by atoms with Gasteiger partial charge in [0.2, 0.25) is 0 Å². The van der Waals surface area contributed by atoms with Crippen LogP contribution in [0.4, 0.5) is 5.69 Å². The second-order valence-corrected chi connectivity index (χ2v) is 2.54. The zero-order valence-corrected chi connectivity index (χ0v) is 9.59. The molecule has 0 aliphatic rings. The van der Waals surface area contributed by atoms with E-state index in [4.69, 9.17) is 0 Å². The number of hydrogen-bond donors (Lipinski definition) is 1. The van der Waals surface area contributed by atoms with E-state index in [0.717, 1.165) is 23.5 Å². The van der Waals surface area contributed by atoms with Crippen LogP contribution in [0.1, 0.15) is 32.2 Å². The zero-order valence-electron chi connectivity index (χ0n) is 9.59. The van der Waals surface area contributed by atoms with E-state index in [0.29, 0.717) is 0 Å². The predicted molar refractivity (Wildman–Crippen MR) is 64.6 cm³/mol. The van der Waals surface area contributed by atoms with Crippen molar-refractivity contribution in [3.63, 3.8) is 0 Å². The third-order valence-corrected chi connectivity index (χ3v) is 1.81. The van der Waals surface area contributed by atoms with Crippen molar-refractivity contribution >= 4 is 11.8 Å². The maximum absolute atomic E-state index is 4.40. The van der Waals surface area contributed by atoms with Gasteiger partial charge in [0.1, 0.15) is 0 Å². The summed E-state index contributed by atoms with van der Waals surface area (Å²) in [5, 5.41) is 3.06. The van der Waals surface area contributed by atoms with Crippen LogP contribution in [0.25, 0.3) is 6.08 Å². The summed E-state index contributed by atoms with van der Waals surface area (Å²) >= 11 is 0. The lowest BCUT2D eigenvalue weighted by molar-refractivity contribution is 1.03. The summed E-state index contributed by atoms with van der Waals surface area (Å²) in [4.78, 5) is 4.40. The number of pyridine rings is 1. The van der Waals surface area contributed by atoms with E-state index in [2.05, 4.69) is 23.8 Å². The van der Waals surface area contributed by atoms with Gasteiger partial charge in [-0.2, -0.15) is 0 Å². The van der Waals surface area contributed by atoms with Crippen molar-refractivity contribution in [2.75, 3.05) is 12.4 Å². The van der Waals surface area contributed by atoms with Crippen LogP contribution in [0.2, 0.25) is 0 Å². The molecule has 1 N–H and O–H groups in total. The molecule has 0 fully saturated rings. The van der Waals surface area contributed by atoms with Gasteiger partial charge in [-0.1, -0.05) is 27.4 Å². The molecule has 0 unspecified atom stereocenters. The molecule has 0 bridgehead atoms. The van der Waals surface area contributed by atoms with Gasteiger partial charge in [-0.25, -0.2) is 0 Å². The van der Waals surface area contributed by atoms with E-state index in [1.807, 2.05) is 33.0 Å². The van der Waals surface area contributed by atoms with Gasteiger partial charge in [-0.3, -0.25) is 4.98 Å². The highest BCUT2D eigenvalue weighted by Crippen LogP contribution is 2.14. The summed E-state index contributed by atoms with van der Waals surface area (Å²) in [5.74, 6) is 0. The highest BCUT2D eigenvalue weighted by atomic mass is 14.9. The summed E-state index contributed by atoms with van der Waals surface area (Å²) in [7, 11) is 1.88. The Balaban J connectivity index is 0.000000791. The van der Waals surface area contributed by atoms with Crippen LogP contribution < -0.4 is 5.32 Å². The number of nitrogens with one attached hydrogen (secondary N) is 1. The maximum Gasteiger partial charge on any atom is 0.0858 e. The van der Waals surface area contributed by atoms with Crippen LogP contribution in [-0.2, 0) is 6.42 Å². The fourth-order valence-corrected chi connectivity index (χ4v) is 1.08. The first kappa shape index (κ1) is 12.7. The number of hydrogen-bond acceptors (Lipinski definition) is 2. The van der Waals surface area contributed by atoms with Gasteiger partial charge in [0, 0.05) is 12.7 Å². The summed E-state index contributed by atoms with van der Waals surface area (Å²) in [6.45, 7) is 9.80. The van der Waals surface area contributed by atoms with E-state index in [1.54, 1.807) is 6.08 Å². The average Bonchev–Trinajstić information content (AvgIpc) is 2.30. The molecule has 0 atom stereocenters. The first-order valence-electron chi connectivity index (χ1n) is 5.12. The van der Waals surface area contributed by atoms with Crippen LogP contribution in [0.5, 0.6) is 0 Å². The van der Waals surface area contributed by atoms with Crippen molar-refractivity contribution in [3.8, 4) is 0 Å². The van der Waals surface area contributed by atoms with Crippen LogP contribution in [0.15, 0.2) is 18.7 Å². The molecular formula is C12H20N2. The normalized spacial score (nSPS) is 8.57. The van der Waals surface area contributed by atoms with Gasteiger partial charge in [-0.05, 0) is 24.6 Å². The lowest BCUT2D eigenvalue weighted by Crippen LogP contribution is -1.96. The molecule has 0 saturated heterocycles. The summed E-state index contributed by atoms with van der Waals surface area (Å²) in [5.41, 5.74) is 3.06. The second kappa shape index (κ2) is 7.13. The van der Waals surface area contributed by atoms with Crippen molar-refractivity contribution < 1.29 is 0 Å². The van der Waals surface area contributed by atoms with Gasteiger partial charge in [-0.15, -0.1) is 0 Å². The minimum Gasteiger partial charge on any atom is -0.386 e. The number of aromatic nitrogens is 1. The van der Waals surface area contributed by atoms with Gasteiger partial charge >= 0.3 is 0 Å². The van der Waals surface area contributed by atoms with Crippen molar-refractivity contribution in [1.29, 1.82) is 0 Å². The fraction of sp³-hybridized carbons (Fsp3) is 0.417. The Hall–Kier alpha value is -1.31. The molecule has 1 heterocycles. The van der Waals surface area contributed by atoms with E-state index in [1.165, 1.54) is 0 Å². The van der Waals surface area contributed by atoms with Gasteiger partial charge in [0.25, 0.3) is 0 Å². The van der Waals surface area contributed by atoms with Crippen molar-refractivity contribution in [2.24, 2.45) is 0 Å². The molecule has 0 amide bonds. The Morgan fingerprint density at radius 1 is 1.43 bits per heavy atom. The molecule has 0 radical (unpaired) electrons. The molecule has 78 valence electrons. The monoisotopic (exact) mass is 192 g/mol. The highest BCUT2D eigenvalue weighted by molar-refractivity contribution is 5.61. The van der Waals surface area contributed by atoms with Crippen LogP contribution >= 0.6 is 0 Å². The molecule has 0 aliphatic heterocycles. The standard InChI is InChI=1S/C10H14N2.C2H6/c1-4-8-6-7-10(11-3)9(5-2)12-8;1-2/h5-7,11H,2,4H2,1,3H3;1-2H3. The number of nitrogens with zero attached hydrogens (tertiary/aromatic N) is 1. The SMILES string of the molecule is C=Cc1nc(CC)ccc1NC.CC. The highest BCUT2D eigenvalue weighted by Gasteiger charge is 1.98. The number of anilines is 1. The first-order chi connectivity index (χ1) is 6.81. The topological polar surface area (TPSA) is 24.9 Å². The smallest absolute Gasteiger partial charge is 0.0858 e. The maximum atomic E-state index is 4.40. The van der Waals surface area contributed by atoms with Gasteiger partial charge < -0.3 is 5.32 Å². The zero-order chi connectivity index (χ0) is 11.0. The molecule has 14 heavy (non-hydrogen) atoms. The van der Waals surface area contributed by atoms with Gasteiger partial charge in [0.05, 0.1) is 11.4 Å². The minimum absolute atomic E-state index is 0.928. The molecule has 0 aliphatic carbocycles. The molecule has 1 rings (SSSR count). The van der Waals surface area contributed by atoms with Crippen LogP contribution in [0.3, 0.4) is 0 Å². The fourth-order valence-electron chi connectivity index (χ4n) is 1.08. The summed E-state index contributed by atoms with van der Waals surface area (Å²) in [6, 6.07) is 4.06. The molecule has 0 aromatic carbocycles. The molecule has 1 aromatic heterocycles. The van der Waals surface area contributed by atoms with E-state index in [-0.39, 0.29) is 0 Å². The number of aryl methyl sites for hydroxylation is 1. The number of rotatable bonds is 3. The summed E-state index contributed by atoms with van der Waals surface area (Å²) in [6.07, 6.45) is 2.73. The van der Waals surface area contributed by atoms with E-state index in [9.17, 15) is 0 Å². The molecule has 1 aromatic rings. The Bertz CT molecular complexity index is 280. The van der Waals surface area contributed by atoms with Crippen molar-refractivity contribution in [3.05, 3.63) is 30.1 Å². The molecule has 2 nitrogen and oxygen atoms in total. The Morgan fingerprint density at radius 2 is 2.07 bits per heavy atom. The Morgan fingerprint density at radius 3 is 2.50 bits per heavy atom. The minimum atomic E-state index is 0.928. The predicted octanol–water partition coefficient (Wildman–Crippen LogP) is 3.35. The van der Waals surface area contributed by atoms with Crippen LogP contribution in [-0.4, -0.2) is 12.0 Å². The first-order valence-corrected chi connectivity index (χ1v) is 5.12. The second-order valence-electron chi connectivity index (χ2n) is 2.54. The molecule has 0 spiro atoms. The average molecular weight is 192 g/mol. The molecule has 2 heteroatoms. The Labute approximate surface area is 87.1 Å². The van der Waals surface area contributed by atoms with E-state index >= 15 is 0 Å². The van der Waals surface area contributed by atoms with E-state index < -0.39 is 0 Å². The van der Waals surface area contributed by atoms with Crippen molar-refractivity contribution in [1.82, 2.24) is 4.98 Å². The third kappa shape index (κ3) is 3.21. The third-order valence-electron chi connectivity index (χ3n) is 1.81. The lowest BCUT2D eigenvalue weighted by Gasteiger charge is -2.05. The summed E-state index contributed by atoms with van der Waals surface area (Å²) < 4.78 is 0. The molecule has 0 saturated carbocycles. The van der Waals surface area contributed by atoms with Crippen LogP contribution in [0, 0.1) is 0 Å². The Kier molecular flexibility index (Phi) is 6.46. The molecular weight excluding hydrogens is 172 g/mol. The van der Waals surface area contributed by atoms with Gasteiger partial charge in [0.15, 0.2) is 0 Å². The quantitative estimate of drug-likeness (QED) is 0.794.